The highest BCUT2D eigenvalue weighted by molar-refractivity contribution is 5.42. The van der Waals surface area contributed by atoms with Gasteiger partial charge < -0.3 is 15.6 Å². The van der Waals surface area contributed by atoms with Crippen LogP contribution in [-0.4, -0.2) is 36.2 Å². The van der Waals surface area contributed by atoms with Crippen molar-refractivity contribution in [3.63, 3.8) is 0 Å². The average molecular weight is 250 g/mol. The Bertz CT molecular complexity index is 409. The first kappa shape index (κ1) is 13.2. The van der Waals surface area contributed by atoms with Crippen LogP contribution in [-0.2, 0) is 0 Å². The molecule has 1 fully saturated rings. The first-order valence-corrected chi connectivity index (χ1v) is 6.50. The molecule has 2 rings (SSSR count). The fraction of sp³-hybridized carbons (Fsp3) is 0.571. The largest absolute Gasteiger partial charge is 0.504 e. The van der Waals surface area contributed by atoms with Crippen molar-refractivity contribution in [2.24, 2.45) is 5.73 Å². The molecule has 4 nitrogen and oxygen atoms in total. The van der Waals surface area contributed by atoms with Gasteiger partial charge >= 0.3 is 0 Å². The number of rotatable bonds is 4. The molecular weight excluding hydrogens is 228 g/mol. The molecule has 100 valence electrons. The molecule has 18 heavy (non-hydrogen) atoms. The molecule has 0 aromatic heterocycles. The number of methoxy groups -OCH3 is 1. The number of hydrogen-bond donors (Lipinski definition) is 2. The zero-order valence-corrected chi connectivity index (χ0v) is 11.1. The van der Waals surface area contributed by atoms with Gasteiger partial charge in [-0.05, 0) is 44.0 Å². The van der Waals surface area contributed by atoms with Crippen LogP contribution in [0.1, 0.15) is 31.4 Å². The minimum atomic E-state index is 0.185. The number of hydrogen-bond acceptors (Lipinski definition) is 4. The predicted octanol–water partition coefficient (Wildman–Crippen LogP) is 1.88. The zero-order chi connectivity index (χ0) is 13.1. The van der Waals surface area contributed by atoms with Crippen LogP contribution in [0.15, 0.2) is 18.2 Å². The van der Waals surface area contributed by atoms with E-state index in [1.165, 1.54) is 12.8 Å². The Morgan fingerprint density at radius 2 is 2.33 bits per heavy atom. The molecule has 0 radical (unpaired) electrons. The van der Waals surface area contributed by atoms with Gasteiger partial charge in [-0.1, -0.05) is 6.07 Å². The molecule has 0 amide bonds. The van der Waals surface area contributed by atoms with Crippen molar-refractivity contribution in [2.45, 2.75) is 31.8 Å². The minimum absolute atomic E-state index is 0.185. The molecule has 4 heteroatoms. The van der Waals surface area contributed by atoms with Gasteiger partial charge in [0.2, 0.25) is 0 Å². The molecule has 0 spiro atoms. The molecule has 1 aromatic rings. The van der Waals surface area contributed by atoms with Crippen LogP contribution in [0, 0.1) is 0 Å². The second kappa shape index (κ2) is 5.59. The number of likely N-dealkylation sites (tertiary alicyclic amines) is 1. The topological polar surface area (TPSA) is 58.7 Å². The fourth-order valence-electron chi connectivity index (χ4n) is 2.77. The Kier molecular flexibility index (Phi) is 4.09. The van der Waals surface area contributed by atoms with E-state index in [1.807, 2.05) is 12.1 Å². The van der Waals surface area contributed by atoms with E-state index in [-0.39, 0.29) is 5.75 Å². The van der Waals surface area contributed by atoms with Crippen LogP contribution in [0.25, 0.3) is 0 Å². The lowest BCUT2D eigenvalue weighted by Crippen LogP contribution is -2.37. The molecule has 1 aliphatic heterocycles. The smallest absolute Gasteiger partial charge is 0.160 e. The summed E-state index contributed by atoms with van der Waals surface area (Å²) in [5, 5.41) is 9.62. The molecule has 2 unspecified atom stereocenters. The Balaban J connectivity index is 2.20. The summed E-state index contributed by atoms with van der Waals surface area (Å²) in [5.41, 5.74) is 6.97. The van der Waals surface area contributed by atoms with E-state index in [0.29, 0.717) is 24.4 Å². The van der Waals surface area contributed by atoms with E-state index in [9.17, 15) is 5.11 Å². The zero-order valence-electron chi connectivity index (χ0n) is 11.1. The van der Waals surface area contributed by atoms with Gasteiger partial charge in [-0.15, -0.1) is 0 Å². The Hall–Kier alpha value is -1.26. The van der Waals surface area contributed by atoms with Crippen molar-refractivity contribution in [3.05, 3.63) is 23.8 Å². The maximum atomic E-state index is 9.62. The summed E-state index contributed by atoms with van der Waals surface area (Å²) in [4.78, 5) is 2.44. The van der Waals surface area contributed by atoms with Crippen molar-refractivity contribution in [3.8, 4) is 11.5 Å². The number of ether oxygens (including phenoxy) is 1. The van der Waals surface area contributed by atoms with Crippen LogP contribution in [0.3, 0.4) is 0 Å². The lowest BCUT2D eigenvalue weighted by Gasteiger charge is -2.30. The van der Waals surface area contributed by atoms with Crippen molar-refractivity contribution in [1.29, 1.82) is 0 Å². The summed E-state index contributed by atoms with van der Waals surface area (Å²) >= 11 is 0. The van der Waals surface area contributed by atoms with Gasteiger partial charge in [-0.25, -0.2) is 0 Å². The Morgan fingerprint density at radius 1 is 1.56 bits per heavy atom. The maximum Gasteiger partial charge on any atom is 0.160 e. The van der Waals surface area contributed by atoms with E-state index < -0.39 is 0 Å². The van der Waals surface area contributed by atoms with Crippen LogP contribution in [0.5, 0.6) is 11.5 Å². The Labute approximate surface area is 108 Å². The number of phenols is 1. The summed E-state index contributed by atoms with van der Waals surface area (Å²) < 4.78 is 5.16. The molecule has 1 aromatic carbocycles. The number of phenolic OH excluding ortho intramolecular Hbond substituents is 1. The van der Waals surface area contributed by atoms with E-state index in [0.717, 1.165) is 12.1 Å². The second-order valence-corrected chi connectivity index (χ2v) is 4.88. The fourth-order valence-corrected chi connectivity index (χ4v) is 2.77. The third-order valence-electron chi connectivity index (χ3n) is 3.88. The third kappa shape index (κ3) is 2.44. The van der Waals surface area contributed by atoms with Gasteiger partial charge in [0, 0.05) is 18.6 Å². The lowest BCUT2D eigenvalue weighted by molar-refractivity contribution is 0.196. The van der Waals surface area contributed by atoms with Gasteiger partial charge in [0.25, 0.3) is 0 Å². The van der Waals surface area contributed by atoms with Crippen molar-refractivity contribution < 1.29 is 9.84 Å². The predicted molar refractivity (Wildman–Crippen MR) is 71.9 cm³/mol. The number of nitrogens with two attached hydrogens (primary N) is 1. The third-order valence-corrected chi connectivity index (χ3v) is 3.88. The molecule has 0 saturated carbocycles. The summed E-state index contributed by atoms with van der Waals surface area (Å²) in [6, 6.07) is 6.33. The van der Waals surface area contributed by atoms with Crippen LogP contribution < -0.4 is 10.5 Å². The number of benzene rings is 1. The SMILES string of the molecule is COc1cc(C(C)N2CCCC2CN)ccc1O. The highest BCUT2D eigenvalue weighted by Gasteiger charge is 2.28. The summed E-state index contributed by atoms with van der Waals surface area (Å²) in [6.45, 7) is 3.98. The number of nitrogens with zero attached hydrogens (tertiary/aromatic N) is 1. The molecule has 2 atom stereocenters. The quantitative estimate of drug-likeness (QED) is 0.856. The summed E-state index contributed by atoms with van der Waals surface area (Å²) in [6.07, 6.45) is 2.39. The summed E-state index contributed by atoms with van der Waals surface area (Å²) in [5.74, 6) is 0.716. The van der Waals surface area contributed by atoms with Gasteiger partial charge in [0.15, 0.2) is 11.5 Å². The van der Waals surface area contributed by atoms with Crippen LogP contribution in [0.2, 0.25) is 0 Å². The van der Waals surface area contributed by atoms with Crippen LogP contribution in [0.4, 0.5) is 0 Å². The lowest BCUT2D eigenvalue weighted by atomic mass is 10.1. The van der Waals surface area contributed by atoms with Crippen LogP contribution >= 0.6 is 0 Å². The molecule has 1 heterocycles. The maximum absolute atomic E-state index is 9.62. The molecular formula is C14H22N2O2. The summed E-state index contributed by atoms with van der Waals surface area (Å²) in [7, 11) is 1.57. The normalized spacial score (nSPS) is 22.1. The van der Waals surface area contributed by atoms with E-state index >= 15 is 0 Å². The monoisotopic (exact) mass is 250 g/mol. The van der Waals surface area contributed by atoms with Crippen molar-refractivity contribution in [1.82, 2.24) is 4.90 Å². The standard InChI is InChI=1S/C14H22N2O2/c1-10(16-7-3-4-12(16)9-15)11-5-6-13(17)14(8-11)18-2/h5-6,8,10,12,17H,3-4,7,9,15H2,1-2H3. The first-order chi connectivity index (χ1) is 8.67. The van der Waals surface area contributed by atoms with E-state index in [1.54, 1.807) is 13.2 Å². The van der Waals surface area contributed by atoms with Gasteiger partial charge in [0.05, 0.1) is 7.11 Å². The van der Waals surface area contributed by atoms with E-state index in [2.05, 4.69) is 11.8 Å². The van der Waals surface area contributed by atoms with Gasteiger partial charge in [-0.3, -0.25) is 4.90 Å². The first-order valence-electron chi connectivity index (χ1n) is 6.50. The second-order valence-electron chi connectivity index (χ2n) is 4.88. The average Bonchev–Trinajstić information content (AvgIpc) is 2.86. The molecule has 0 bridgehead atoms. The minimum Gasteiger partial charge on any atom is -0.504 e. The van der Waals surface area contributed by atoms with Gasteiger partial charge in [0.1, 0.15) is 0 Å². The number of aromatic hydroxyl groups is 1. The molecule has 3 N–H and O–H groups in total. The van der Waals surface area contributed by atoms with Gasteiger partial charge in [-0.2, -0.15) is 0 Å². The highest BCUT2D eigenvalue weighted by Crippen LogP contribution is 2.33. The molecule has 1 saturated heterocycles. The Morgan fingerprint density at radius 3 is 3.00 bits per heavy atom. The van der Waals surface area contributed by atoms with Crippen molar-refractivity contribution in [2.75, 3.05) is 20.2 Å². The molecule has 1 aliphatic rings. The van der Waals surface area contributed by atoms with E-state index in [4.69, 9.17) is 10.5 Å². The highest BCUT2D eigenvalue weighted by atomic mass is 16.5. The molecule has 0 aliphatic carbocycles. The van der Waals surface area contributed by atoms with Crippen molar-refractivity contribution >= 4 is 0 Å².